The number of aryl methyl sites for hydroxylation is 1. The third kappa shape index (κ3) is 18.6. The lowest BCUT2D eigenvalue weighted by Gasteiger charge is -2.48. The van der Waals surface area contributed by atoms with Crippen LogP contribution in [0.5, 0.6) is 0 Å². The van der Waals surface area contributed by atoms with Gasteiger partial charge in [-0.3, -0.25) is 43.4 Å². The van der Waals surface area contributed by atoms with Crippen molar-refractivity contribution in [2.45, 2.75) is 185 Å². The monoisotopic (exact) mass is 1340 g/mol. The van der Waals surface area contributed by atoms with Crippen LogP contribution in [-0.4, -0.2) is 212 Å². The molecule has 2 aromatic carbocycles. The molecule has 1 saturated carbocycles. The number of carbonyl (C=O) groups excluding carboxylic acids is 7. The van der Waals surface area contributed by atoms with Crippen molar-refractivity contribution in [2.24, 2.45) is 16.7 Å². The highest BCUT2D eigenvalue weighted by atomic mass is 19.1. The van der Waals surface area contributed by atoms with Gasteiger partial charge in [-0.2, -0.15) is 0 Å². The molecule has 6 saturated heterocycles. The van der Waals surface area contributed by atoms with Crippen LogP contribution in [0.3, 0.4) is 0 Å². The number of piperidine rings is 2. The third-order valence-electron chi connectivity index (χ3n) is 22.4. The zero-order valence-electron chi connectivity index (χ0n) is 57.7. The largest absolute Gasteiger partial charge is 0.370 e. The van der Waals surface area contributed by atoms with Crippen molar-refractivity contribution in [1.82, 2.24) is 66.8 Å². The SMILES string of the molecule is CN[C@@H](C)C(=O)N[C@H](C(=O)N1C[C@@H](NC(=O)CCC(=O)NCCCN2CC[C@]3(CCN(CC(=O)NCCCNc4cc(N5CCC6(CC5)CN(c5cc(F)c(CN7CCC(C)(C)CC7)cc5F)CC(=O)N6)ncn4)C3)C2)C[C@H]1C(=O)N[C@H]1CCCc2ccccc21)C1CCCCC1. The number of nitrogens with zero attached hydrogens (tertiary/aromatic N) is 8. The van der Waals surface area contributed by atoms with Crippen molar-refractivity contribution in [1.29, 1.82) is 0 Å². The zero-order chi connectivity index (χ0) is 68.3. The number of piperazine rings is 1. The van der Waals surface area contributed by atoms with Crippen LogP contribution in [0.15, 0.2) is 48.8 Å². The first-order valence-electron chi connectivity index (χ1n) is 36.2. The molecular weight excluding hydrogens is 1240 g/mol. The molecule has 7 heterocycles. The van der Waals surface area contributed by atoms with Gasteiger partial charge in [0, 0.05) is 102 Å². The molecule has 1 aromatic heterocycles. The molecule has 97 heavy (non-hydrogen) atoms. The number of fused-ring (bicyclic) bond motifs is 1. The van der Waals surface area contributed by atoms with Crippen molar-refractivity contribution in [3.05, 3.63) is 77.1 Å². The second-order valence-corrected chi connectivity index (χ2v) is 30.1. The van der Waals surface area contributed by atoms with E-state index in [9.17, 15) is 33.6 Å². The normalized spacial score (nSPS) is 24.3. The Morgan fingerprint density at radius 3 is 2.24 bits per heavy atom. The Hall–Kier alpha value is -7.09. The third-order valence-corrected chi connectivity index (χ3v) is 22.4. The number of likely N-dealkylation sites (tertiary alicyclic amines) is 4. The topological polar surface area (TPSA) is 261 Å². The summed E-state index contributed by atoms with van der Waals surface area (Å²) in [5, 5.41) is 25.0. The van der Waals surface area contributed by atoms with E-state index >= 15 is 8.78 Å². The lowest BCUT2D eigenvalue weighted by atomic mass is 9.82. The standard InChI is InChI=1S/C72H106F2N16O7/c1-49(75-4)67(95)83-66(51-14-6-5-7-15-51)69(97)90-42-53(38-59(90)68(96)82-57-18-10-16-50-13-8-9-17-54(50)57)81-63(92)20-19-62(91)77-29-12-30-86-33-23-71(45-86)24-34-87(46-71)43-64(93)78-28-11-27-76-60-40-61(80-48-79-60)88-35-25-72(26-36-88)47-89(44-65(94)84-72)58-39-55(73)52(37-56(58)74)41-85-31-21-70(2,3)22-32-85/h8-9,13,17,37,39-40,48-49,51,53,57,59,66,75H,5-7,10-12,14-16,18-36,38,41-47H2,1-4H3,(H,77,91)(H,78,93)(H,81,92)(H,82,96)(H,83,95)(H,84,94)(H,76,79,80)/t49-,53-,57-,59-,66-,71-/m0/s1. The molecule has 530 valence electrons. The maximum absolute atomic E-state index is 15.8. The van der Waals surface area contributed by atoms with Crippen LogP contribution < -0.4 is 52.3 Å². The zero-order valence-corrected chi connectivity index (χ0v) is 57.7. The number of hydrogen-bond donors (Lipinski definition) is 8. The minimum absolute atomic E-state index is 0.000433. The van der Waals surface area contributed by atoms with Gasteiger partial charge in [0.05, 0.1) is 36.4 Å². The number of carbonyl (C=O) groups is 7. The molecule has 2 spiro atoms. The molecule has 0 radical (unpaired) electrons. The fraction of sp³-hybridized carbons (Fsp3) is 0.681. The van der Waals surface area contributed by atoms with Gasteiger partial charge in [-0.1, -0.05) is 57.4 Å². The molecule has 11 rings (SSSR count). The van der Waals surface area contributed by atoms with Crippen molar-refractivity contribution in [2.75, 3.05) is 127 Å². The van der Waals surface area contributed by atoms with E-state index in [4.69, 9.17) is 0 Å². The molecule has 7 amide bonds. The minimum atomic E-state index is -0.855. The van der Waals surface area contributed by atoms with Gasteiger partial charge >= 0.3 is 0 Å². The van der Waals surface area contributed by atoms with E-state index < -0.39 is 41.3 Å². The van der Waals surface area contributed by atoms with Crippen LogP contribution in [0.4, 0.5) is 26.1 Å². The van der Waals surface area contributed by atoms with E-state index in [1.54, 1.807) is 23.8 Å². The fourth-order valence-electron chi connectivity index (χ4n) is 16.4. The van der Waals surface area contributed by atoms with E-state index in [1.807, 2.05) is 24.3 Å². The van der Waals surface area contributed by atoms with Crippen LogP contribution in [0.25, 0.3) is 0 Å². The second-order valence-electron chi connectivity index (χ2n) is 30.1. The summed E-state index contributed by atoms with van der Waals surface area (Å²) in [5.41, 5.74) is 2.54. The van der Waals surface area contributed by atoms with Gasteiger partial charge in [0.1, 0.15) is 41.7 Å². The molecule has 7 fully saturated rings. The number of nitrogens with one attached hydrogen (secondary N) is 8. The highest BCUT2D eigenvalue weighted by Crippen LogP contribution is 2.40. The first kappa shape index (κ1) is 71.2. The first-order valence-corrected chi connectivity index (χ1v) is 36.2. The number of benzene rings is 2. The molecule has 0 bridgehead atoms. The van der Waals surface area contributed by atoms with Gasteiger partial charge in [0.15, 0.2) is 0 Å². The Labute approximate surface area is 571 Å². The Morgan fingerprint density at radius 2 is 1.45 bits per heavy atom. The molecular formula is C72H106F2N16O7. The average molecular weight is 1350 g/mol. The van der Waals surface area contributed by atoms with E-state index in [1.165, 1.54) is 24.0 Å². The Balaban J connectivity index is 0.557. The molecule has 2 aliphatic carbocycles. The summed E-state index contributed by atoms with van der Waals surface area (Å²) in [4.78, 5) is 117. The smallest absolute Gasteiger partial charge is 0.246 e. The highest BCUT2D eigenvalue weighted by Gasteiger charge is 2.47. The van der Waals surface area contributed by atoms with Gasteiger partial charge in [-0.05, 0) is 171 Å². The van der Waals surface area contributed by atoms with Crippen LogP contribution in [0, 0.1) is 28.4 Å². The number of amides is 7. The summed E-state index contributed by atoms with van der Waals surface area (Å²) < 4.78 is 31.4. The Kier molecular flexibility index (Phi) is 23.7. The number of hydrogen-bond acceptors (Lipinski definition) is 16. The van der Waals surface area contributed by atoms with Crippen molar-refractivity contribution < 1.29 is 42.3 Å². The van der Waals surface area contributed by atoms with E-state index in [0.717, 1.165) is 141 Å². The summed E-state index contributed by atoms with van der Waals surface area (Å²) >= 11 is 0. The number of likely N-dealkylation sites (N-methyl/N-ethyl adjacent to an activating group) is 1. The predicted molar refractivity (Wildman–Crippen MR) is 368 cm³/mol. The number of rotatable bonds is 26. The summed E-state index contributed by atoms with van der Waals surface area (Å²) in [6, 6.07) is 9.71. The molecule has 8 N–H and O–H groups in total. The summed E-state index contributed by atoms with van der Waals surface area (Å²) in [5.74, 6) is -1.23. The van der Waals surface area contributed by atoms with Gasteiger partial charge in [-0.25, -0.2) is 18.7 Å². The molecule has 8 aliphatic rings. The number of halogens is 2. The summed E-state index contributed by atoms with van der Waals surface area (Å²) in [7, 11) is 1.70. The van der Waals surface area contributed by atoms with Crippen LogP contribution in [0.1, 0.15) is 159 Å². The lowest BCUT2D eigenvalue weighted by Crippen LogP contribution is -2.66. The van der Waals surface area contributed by atoms with Gasteiger partial charge in [0.25, 0.3) is 0 Å². The maximum atomic E-state index is 15.8. The maximum Gasteiger partial charge on any atom is 0.246 e. The molecule has 0 unspecified atom stereocenters. The van der Waals surface area contributed by atoms with Gasteiger partial charge in [-0.15, -0.1) is 0 Å². The minimum Gasteiger partial charge on any atom is -0.370 e. The summed E-state index contributed by atoms with van der Waals surface area (Å²) in [6.45, 7) is 16.3. The van der Waals surface area contributed by atoms with E-state index in [-0.39, 0.29) is 102 Å². The van der Waals surface area contributed by atoms with Gasteiger partial charge < -0.3 is 62.1 Å². The average Bonchev–Trinajstić information content (AvgIpc) is 1.25. The quantitative estimate of drug-likeness (QED) is 0.0497. The van der Waals surface area contributed by atoms with Crippen molar-refractivity contribution in [3.63, 3.8) is 0 Å². The van der Waals surface area contributed by atoms with Crippen molar-refractivity contribution >= 4 is 58.7 Å². The van der Waals surface area contributed by atoms with Gasteiger partial charge in [0.2, 0.25) is 41.4 Å². The Bertz CT molecular complexity index is 3260. The number of anilines is 3. The van der Waals surface area contributed by atoms with Crippen LogP contribution in [-0.2, 0) is 46.5 Å². The van der Waals surface area contributed by atoms with Crippen LogP contribution in [0.2, 0.25) is 0 Å². The van der Waals surface area contributed by atoms with Crippen LogP contribution >= 0.6 is 0 Å². The molecule has 3 aromatic rings. The highest BCUT2D eigenvalue weighted by molar-refractivity contribution is 5.94. The summed E-state index contributed by atoms with van der Waals surface area (Å²) in [6.07, 6.45) is 15.7. The second kappa shape index (κ2) is 32.3. The molecule has 23 nitrogen and oxygen atoms in total. The molecule has 25 heteroatoms. The van der Waals surface area contributed by atoms with E-state index in [2.05, 4.69) is 92.0 Å². The van der Waals surface area contributed by atoms with Crippen molar-refractivity contribution in [3.8, 4) is 0 Å². The fourth-order valence-corrected chi connectivity index (χ4v) is 16.4. The Morgan fingerprint density at radius 1 is 0.732 bits per heavy atom. The first-order chi connectivity index (χ1) is 46.7. The number of aromatic nitrogens is 2. The molecule has 6 aliphatic heterocycles. The van der Waals surface area contributed by atoms with E-state index in [0.29, 0.717) is 83.0 Å². The molecule has 6 atom stereocenters. The lowest BCUT2D eigenvalue weighted by molar-refractivity contribution is -0.143. The predicted octanol–water partition coefficient (Wildman–Crippen LogP) is 4.91.